The Hall–Kier alpha value is -4.04. The van der Waals surface area contributed by atoms with Crippen LogP contribution in [-0.2, 0) is 28.5 Å². The SMILES string of the molecule is Cc1cc(C[C@@H](OC(=O)N2CCC(N3CCc4ccccc4NC3=O)CC2)C(=O)N2CCC(N3CCN(C)CC3)CC2)cc(C(F)(F)F)c1N. The van der Waals surface area contributed by atoms with Gasteiger partial charge in [-0.1, -0.05) is 24.3 Å². The first-order valence-corrected chi connectivity index (χ1v) is 17.7. The maximum absolute atomic E-state index is 14.0. The van der Waals surface area contributed by atoms with Gasteiger partial charge in [0, 0.05) is 88.8 Å². The smallest absolute Gasteiger partial charge is 0.418 e. The Kier molecular flexibility index (Phi) is 10.8. The first-order chi connectivity index (χ1) is 23.9. The van der Waals surface area contributed by atoms with Crippen molar-refractivity contribution in [3.8, 4) is 0 Å². The predicted molar refractivity (Wildman–Crippen MR) is 184 cm³/mol. The number of halogens is 3. The average molecular weight is 700 g/mol. The van der Waals surface area contributed by atoms with Crippen LogP contribution in [0.15, 0.2) is 36.4 Å². The van der Waals surface area contributed by atoms with Crippen LogP contribution in [0.1, 0.15) is 47.9 Å². The van der Waals surface area contributed by atoms with Crippen molar-refractivity contribution in [2.45, 2.75) is 69.8 Å². The number of piperidine rings is 2. The molecule has 0 bridgehead atoms. The number of hydrogen-bond donors (Lipinski definition) is 2. The van der Waals surface area contributed by atoms with Crippen molar-refractivity contribution in [2.75, 3.05) is 77.0 Å². The molecule has 3 N–H and O–H groups in total. The predicted octanol–water partition coefficient (Wildman–Crippen LogP) is 4.44. The molecule has 272 valence electrons. The quantitative estimate of drug-likeness (QED) is 0.429. The van der Waals surface area contributed by atoms with Crippen LogP contribution in [0.25, 0.3) is 0 Å². The summed E-state index contributed by atoms with van der Waals surface area (Å²) in [5, 5.41) is 3.00. The molecule has 3 fully saturated rings. The number of nitrogen functional groups attached to an aromatic ring is 1. The summed E-state index contributed by atoms with van der Waals surface area (Å²) in [5.41, 5.74) is 6.78. The molecule has 11 nitrogen and oxygen atoms in total. The lowest BCUT2D eigenvalue weighted by Crippen LogP contribution is -2.54. The molecule has 50 heavy (non-hydrogen) atoms. The van der Waals surface area contributed by atoms with E-state index in [0.717, 1.165) is 56.3 Å². The third-order valence-corrected chi connectivity index (χ3v) is 10.8. The van der Waals surface area contributed by atoms with Crippen molar-refractivity contribution < 1.29 is 32.3 Å². The summed E-state index contributed by atoms with van der Waals surface area (Å²) in [5.74, 6) is -0.408. The Labute approximate surface area is 291 Å². The van der Waals surface area contributed by atoms with Crippen molar-refractivity contribution in [1.82, 2.24) is 24.5 Å². The van der Waals surface area contributed by atoms with Crippen molar-refractivity contribution in [3.63, 3.8) is 0 Å². The lowest BCUT2D eigenvalue weighted by molar-refractivity contribution is -0.142. The van der Waals surface area contributed by atoms with Gasteiger partial charge in [-0.25, -0.2) is 9.59 Å². The van der Waals surface area contributed by atoms with Crippen LogP contribution in [-0.4, -0.2) is 127 Å². The molecule has 2 aromatic carbocycles. The van der Waals surface area contributed by atoms with Gasteiger partial charge >= 0.3 is 18.3 Å². The Morgan fingerprint density at radius 3 is 2.24 bits per heavy atom. The Morgan fingerprint density at radius 1 is 0.920 bits per heavy atom. The fraction of sp³-hybridized carbons (Fsp3) is 0.583. The highest BCUT2D eigenvalue weighted by Gasteiger charge is 2.38. The van der Waals surface area contributed by atoms with Crippen molar-refractivity contribution in [2.24, 2.45) is 0 Å². The highest BCUT2D eigenvalue weighted by Crippen LogP contribution is 2.36. The molecule has 4 heterocycles. The topological polar surface area (TPSA) is 115 Å². The number of anilines is 2. The number of hydrogen-bond acceptors (Lipinski definition) is 7. The van der Waals surface area contributed by atoms with Crippen molar-refractivity contribution in [1.29, 1.82) is 0 Å². The monoisotopic (exact) mass is 699 g/mol. The molecule has 0 saturated carbocycles. The van der Waals surface area contributed by atoms with Gasteiger partial charge in [-0.2, -0.15) is 13.2 Å². The number of ether oxygens (including phenoxy) is 1. The number of alkyl halides is 3. The average Bonchev–Trinajstić information content (AvgIpc) is 3.27. The van der Waals surface area contributed by atoms with Gasteiger partial charge in [0.05, 0.1) is 5.56 Å². The lowest BCUT2D eigenvalue weighted by atomic mass is 9.97. The number of fused-ring (bicyclic) bond motifs is 1. The zero-order valence-electron chi connectivity index (χ0n) is 28.9. The van der Waals surface area contributed by atoms with E-state index in [1.807, 2.05) is 29.2 Å². The fourth-order valence-electron chi connectivity index (χ4n) is 7.76. The van der Waals surface area contributed by atoms with Crippen LogP contribution in [0.3, 0.4) is 0 Å². The summed E-state index contributed by atoms with van der Waals surface area (Å²) in [7, 11) is 2.11. The highest BCUT2D eigenvalue weighted by atomic mass is 19.4. The number of benzene rings is 2. The summed E-state index contributed by atoms with van der Waals surface area (Å²) < 4.78 is 47.5. The van der Waals surface area contributed by atoms with Crippen LogP contribution in [0.5, 0.6) is 0 Å². The summed E-state index contributed by atoms with van der Waals surface area (Å²) in [6.07, 6.45) is -3.55. The van der Waals surface area contributed by atoms with E-state index in [2.05, 4.69) is 22.2 Å². The molecule has 0 radical (unpaired) electrons. The summed E-state index contributed by atoms with van der Waals surface area (Å²) >= 11 is 0. The Bertz CT molecular complexity index is 1550. The molecule has 0 spiro atoms. The van der Waals surface area contributed by atoms with Gasteiger partial charge in [0.1, 0.15) is 0 Å². The zero-order chi connectivity index (χ0) is 35.6. The van der Waals surface area contributed by atoms with Crippen LogP contribution in [0, 0.1) is 6.92 Å². The lowest BCUT2D eigenvalue weighted by Gasteiger charge is -2.42. The number of nitrogens with two attached hydrogens (primary N) is 1. The number of para-hydroxylation sites is 1. The van der Waals surface area contributed by atoms with Crippen LogP contribution in [0.4, 0.5) is 34.1 Å². The first-order valence-electron chi connectivity index (χ1n) is 17.7. The molecule has 4 aliphatic rings. The van der Waals surface area contributed by atoms with E-state index in [1.165, 1.54) is 17.9 Å². The van der Waals surface area contributed by atoms with Crippen molar-refractivity contribution in [3.05, 3.63) is 58.7 Å². The van der Waals surface area contributed by atoms with E-state index in [0.29, 0.717) is 58.0 Å². The summed E-state index contributed by atoms with van der Waals surface area (Å²) in [6, 6.07) is 10.3. The van der Waals surface area contributed by atoms with Crippen LogP contribution < -0.4 is 11.1 Å². The second-order valence-electron chi connectivity index (χ2n) is 14.1. The van der Waals surface area contributed by atoms with Crippen LogP contribution >= 0.6 is 0 Å². The third kappa shape index (κ3) is 8.12. The summed E-state index contributed by atoms with van der Waals surface area (Å²) in [4.78, 5) is 50.5. The van der Waals surface area contributed by atoms with E-state index in [1.54, 1.807) is 4.90 Å². The number of aryl methyl sites for hydroxylation is 1. The Balaban J connectivity index is 1.12. The van der Waals surface area contributed by atoms with Gasteiger partial charge in [-0.15, -0.1) is 0 Å². The van der Waals surface area contributed by atoms with Crippen molar-refractivity contribution >= 4 is 29.4 Å². The molecular weight excluding hydrogens is 651 g/mol. The molecule has 3 saturated heterocycles. The maximum Gasteiger partial charge on any atom is 0.418 e. The highest BCUT2D eigenvalue weighted by molar-refractivity contribution is 5.91. The van der Waals surface area contributed by atoms with Gasteiger partial charge < -0.3 is 35.4 Å². The van der Waals surface area contributed by atoms with E-state index < -0.39 is 29.8 Å². The zero-order valence-corrected chi connectivity index (χ0v) is 28.9. The molecule has 2 aromatic rings. The number of carbonyl (C=O) groups excluding carboxylic acids is 3. The number of nitrogens with one attached hydrogen (secondary N) is 1. The van der Waals surface area contributed by atoms with E-state index in [4.69, 9.17) is 10.5 Å². The number of likely N-dealkylation sites (N-methyl/N-ethyl adjacent to an activating group) is 1. The number of piperazine rings is 1. The molecule has 0 aliphatic carbocycles. The number of likely N-dealkylation sites (tertiary alicyclic amines) is 2. The number of urea groups is 1. The molecular formula is C36H48F3N7O4. The van der Waals surface area contributed by atoms with E-state index in [9.17, 15) is 27.6 Å². The minimum Gasteiger partial charge on any atom is -0.436 e. The third-order valence-electron chi connectivity index (χ3n) is 10.8. The number of carbonyl (C=O) groups is 3. The van der Waals surface area contributed by atoms with Crippen LogP contribution in [0.2, 0.25) is 0 Å². The largest absolute Gasteiger partial charge is 0.436 e. The molecule has 0 unspecified atom stereocenters. The normalized spacial score (nSPS) is 21.0. The van der Waals surface area contributed by atoms with E-state index >= 15 is 0 Å². The number of nitrogens with zero attached hydrogens (tertiary/aromatic N) is 5. The molecule has 14 heteroatoms. The standard InChI is InChI=1S/C36H48F3N7O4/c1-24-21-25(22-29(32(24)40)36(37,38)39)23-31(33(47)44-12-8-27(9-13-44)43-19-17-42(2)18-20-43)50-35(49)45-14-10-28(11-15-45)46-16-7-26-5-3-4-6-30(26)41-34(46)48/h3-6,21-22,27-28,31H,7-20,23,40H2,1-2H3,(H,41,48)/t31-/m1/s1. The van der Waals surface area contributed by atoms with Gasteiger partial charge in [0.15, 0.2) is 6.10 Å². The molecule has 6 rings (SSSR count). The molecule has 4 aliphatic heterocycles. The molecule has 4 amide bonds. The molecule has 1 atom stereocenters. The minimum absolute atomic E-state index is 0.0778. The first kappa shape index (κ1) is 35.8. The summed E-state index contributed by atoms with van der Waals surface area (Å²) in [6.45, 7) is 7.57. The van der Waals surface area contributed by atoms with E-state index in [-0.39, 0.29) is 35.3 Å². The van der Waals surface area contributed by atoms with Gasteiger partial charge in [0.2, 0.25) is 0 Å². The number of amides is 4. The second kappa shape index (κ2) is 15.1. The van der Waals surface area contributed by atoms with Gasteiger partial charge in [-0.05, 0) is 74.9 Å². The van der Waals surface area contributed by atoms with Gasteiger partial charge in [-0.3, -0.25) is 9.69 Å². The molecule has 0 aromatic heterocycles. The maximum atomic E-state index is 14.0. The second-order valence-corrected chi connectivity index (χ2v) is 14.1. The number of rotatable bonds is 6. The fourth-order valence-corrected chi connectivity index (χ4v) is 7.76. The minimum atomic E-state index is -4.68. The Morgan fingerprint density at radius 2 is 1.56 bits per heavy atom. The van der Waals surface area contributed by atoms with Gasteiger partial charge in [0.25, 0.3) is 5.91 Å².